The topological polar surface area (TPSA) is 41.3 Å². The molecule has 3 nitrogen and oxygen atoms in total. The highest BCUT2D eigenvalue weighted by Gasteiger charge is 2.22. The number of piperazine rings is 1. The maximum atomic E-state index is 5.69. The third kappa shape index (κ3) is 2.23. The van der Waals surface area contributed by atoms with Gasteiger partial charge in [0, 0.05) is 36.5 Å². The summed E-state index contributed by atoms with van der Waals surface area (Å²) in [5, 5.41) is 3.48. The van der Waals surface area contributed by atoms with Crippen molar-refractivity contribution in [2.75, 3.05) is 23.7 Å². The fraction of sp³-hybridized carbons (Fsp3) is 0.500. The van der Waals surface area contributed by atoms with Gasteiger partial charge in [0.05, 0.1) is 0 Å². The van der Waals surface area contributed by atoms with E-state index in [2.05, 4.69) is 36.2 Å². The average Bonchev–Trinajstić information content (AvgIpc) is 2.23. The van der Waals surface area contributed by atoms with Crippen LogP contribution in [0.5, 0.6) is 0 Å². The van der Waals surface area contributed by atoms with Crippen LogP contribution in [0.3, 0.4) is 0 Å². The van der Waals surface area contributed by atoms with Crippen LogP contribution in [0.15, 0.2) is 24.3 Å². The van der Waals surface area contributed by atoms with Crippen LogP contribution in [0.2, 0.25) is 0 Å². The molecule has 1 aromatic rings. The third-order valence-electron chi connectivity index (χ3n) is 2.99. The highest BCUT2D eigenvalue weighted by Crippen LogP contribution is 2.20. The van der Waals surface area contributed by atoms with Crippen molar-refractivity contribution >= 4 is 11.4 Å². The fourth-order valence-electron chi connectivity index (χ4n) is 2.05. The smallest absolute Gasteiger partial charge is 0.0387 e. The van der Waals surface area contributed by atoms with Crippen LogP contribution in [-0.4, -0.2) is 25.2 Å². The minimum Gasteiger partial charge on any atom is -0.399 e. The molecule has 1 aromatic carbocycles. The van der Waals surface area contributed by atoms with E-state index in [0.29, 0.717) is 12.1 Å². The van der Waals surface area contributed by atoms with Crippen molar-refractivity contribution in [3.05, 3.63) is 24.3 Å². The van der Waals surface area contributed by atoms with Crippen LogP contribution in [0.25, 0.3) is 0 Å². The standard InChI is InChI=1S/C12H19N3/c1-9-8-15(10(2)7-14-9)12-5-3-11(13)4-6-12/h3-6,9-10,14H,7-8,13H2,1-2H3/t9-,10-/m1/s1. The lowest BCUT2D eigenvalue weighted by Crippen LogP contribution is -2.54. The van der Waals surface area contributed by atoms with Gasteiger partial charge in [0.25, 0.3) is 0 Å². The average molecular weight is 205 g/mol. The maximum absolute atomic E-state index is 5.69. The molecular weight excluding hydrogens is 186 g/mol. The summed E-state index contributed by atoms with van der Waals surface area (Å²) in [6, 6.07) is 9.24. The fourth-order valence-corrected chi connectivity index (χ4v) is 2.05. The number of nitrogens with zero attached hydrogens (tertiary/aromatic N) is 1. The first kappa shape index (κ1) is 10.3. The summed E-state index contributed by atoms with van der Waals surface area (Å²) < 4.78 is 0. The summed E-state index contributed by atoms with van der Waals surface area (Å²) in [6.07, 6.45) is 0. The van der Waals surface area contributed by atoms with Crippen molar-refractivity contribution in [3.8, 4) is 0 Å². The number of benzene rings is 1. The number of hydrogen-bond donors (Lipinski definition) is 2. The van der Waals surface area contributed by atoms with Gasteiger partial charge in [-0.1, -0.05) is 0 Å². The number of nitrogens with one attached hydrogen (secondary N) is 1. The summed E-state index contributed by atoms with van der Waals surface area (Å²) >= 11 is 0. The first-order chi connectivity index (χ1) is 7.16. The van der Waals surface area contributed by atoms with Crippen LogP contribution in [-0.2, 0) is 0 Å². The molecule has 0 aliphatic carbocycles. The van der Waals surface area contributed by atoms with E-state index < -0.39 is 0 Å². The van der Waals surface area contributed by atoms with Crippen molar-refractivity contribution in [2.45, 2.75) is 25.9 Å². The van der Waals surface area contributed by atoms with Crippen LogP contribution in [0, 0.1) is 0 Å². The molecule has 0 unspecified atom stereocenters. The van der Waals surface area contributed by atoms with Gasteiger partial charge < -0.3 is 16.0 Å². The zero-order chi connectivity index (χ0) is 10.8. The first-order valence-electron chi connectivity index (χ1n) is 5.52. The van der Waals surface area contributed by atoms with Gasteiger partial charge in [-0.05, 0) is 38.1 Å². The third-order valence-corrected chi connectivity index (χ3v) is 2.99. The summed E-state index contributed by atoms with van der Waals surface area (Å²) in [4.78, 5) is 2.43. The van der Waals surface area contributed by atoms with Crippen molar-refractivity contribution in [1.82, 2.24) is 5.32 Å². The molecule has 1 aliphatic rings. The van der Waals surface area contributed by atoms with Crippen molar-refractivity contribution in [3.63, 3.8) is 0 Å². The molecule has 0 radical (unpaired) electrons. The molecule has 0 amide bonds. The molecule has 0 aromatic heterocycles. The van der Waals surface area contributed by atoms with Crippen molar-refractivity contribution in [2.24, 2.45) is 0 Å². The lowest BCUT2D eigenvalue weighted by Gasteiger charge is -2.39. The van der Waals surface area contributed by atoms with Crippen molar-refractivity contribution < 1.29 is 0 Å². The molecule has 1 saturated heterocycles. The van der Waals surface area contributed by atoms with Gasteiger partial charge in [0.15, 0.2) is 0 Å². The Hall–Kier alpha value is -1.22. The van der Waals surface area contributed by atoms with E-state index in [9.17, 15) is 0 Å². The van der Waals surface area contributed by atoms with Gasteiger partial charge in [-0.2, -0.15) is 0 Å². The molecule has 82 valence electrons. The SMILES string of the molecule is C[C@@H]1CN(c2ccc(N)cc2)[C@H](C)CN1. The van der Waals surface area contributed by atoms with Crippen LogP contribution in [0.4, 0.5) is 11.4 Å². The Morgan fingerprint density at radius 3 is 2.60 bits per heavy atom. The summed E-state index contributed by atoms with van der Waals surface area (Å²) in [5.74, 6) is 0. The Labute approximate surface area is 91.3 Å². The zero-order valence-corrected chi connectivity index (χ0v) is 9.40. The number of hydrogen-bond acceptors (Lipinski definition) is 3. The predicted molar refractivity (Wildman–Crippen MR) is 65.1 cm³/mol. The molecule has 0 spiro atoms. The maximum Gasteiger partial charge on any atom is 0.0387 e. The quantitative estimate of drug-likeness (QED) is 0.682. The molecule has 1 aliphatic heterocycles. The normalized spacial score (nSPS) is 26.7. The zero-order valence-electron chi connectivity index (χ0n) is 9.40. The Morgan fingerprint density at radius 2 is 1.93 bits per heavy atom. The van der Waals surface area contributed by atoms with E-state index in [0.717, 1.165) is 18.8 Å². The molecule has 0 bridgehead atoms. The summed E-state index contributed by atoms with van der Waals surface area (Å²) in [5.41, 5.74) is 7.78. The highest BCUT2D eigenvalue weighted by molar-refractivity contribution is 5.54. The Morgan fingerprint density at radius 1 is 1.27 bits per heavy atom. The van der Waals surface area contributed by atoms with E-state index >= 15 is 0 Å². The van der Waals surface area contributed by atoms with Gasteiger partial charge in [-0.3, -0.25) is 0 Å². The van der Waals surface area contributed by atoms with Crippen LogP contribution < -0.4 is 16.0 Å². The number of nitrogen functional groups attached to an aromatic ring is 1. The first-order valence-corrected chi connectivity index (χ1v) is 5.52. The summed E-state index contributed by atoms with van der Waals surface area (Å²) in [7, 11) is 0. The monoisotopic (exact) mass is 205 g/mol. The molecule has 0 saturated carbocycles. The lowest BCUT2D eigenvalue weighted by molar-refractivity contribution is 0.425. The summed E-state index contributed by atoms with van der Waals surface area (Å²) in [6.45, 7) is 6.57. The second-order valence-electron chi connectivity index (χ2n) is 4.40. The van der Waals surface area contributed by atoms with Crippen LogP contribution >= 0.6 is 0 Å². The van der Waals surface area contributed by atoms with E-state index in [4.69, 9.17) is 5.73 Å². The van der Waals surface area contributed by atoms with Gasteiger partial charge >= 0.3 is 0 Å². The molecule has 15 heavy (non-hydrogen) atoms. The van der Waals surface area contributed by atoms with Gasteiger partial charge in [0.2, 0.25) is 0 Å². The predicted octanol–water partition coefficient (Wildman–Crippen LogP) is 1.46. The van der Waals surface area contributed by atoms with Gasteiger partial charge in [0.1, 0.15) is 0 Å². The Kier molecular flexibility index (Phi) is 2.82. The number of rotatable bonds is 1. The highest BCUT2D eigenvalue weighted by atomic mass is 15.2. The lowest BCUT2D eigenvalue weighted by atomic mass is 10.1. The number of anilines is 2. The minimum absolute atomic E-state index is 0.546. The van der Waals surface area contributed by atoms with E-state index in [1.54, 1.807) is 0 Å². The molecule has 1 fully saturated rings. The Balaban J connectivity index is 2.17. The molecule has 2 atom stereocenters. The van der Waals surface area contributed by atoms with Gasteiger partial charge in [-0.25, -0.2) is 0 Å². The Bertz CT molecular complexity index is 320. The van der Waals surface area contributed by atoms with Crippen LogP contribution in [0.1, 0.15) is 13.8 Å². The molecule has 3 heteroatoms. The second-order valence-corrected chi connectivity index (χ2v) is 4.40. The molecule has 2 rings (SSSR count). The van der Waals surface area contributed by atoms with Crippen molar-refractivity contribution in [1.29, 1.82) is 0 Å². The van der Waals surface area contributed by atoms with E-state index in [1.807, 2.05) is 12.1 Å². The van der Waals surface area contributed by atoms with E-state index in [-0.39, 0.29) is 0 Å². The van der Waals surface area contributed by atoms with E-state index in [1.165, 1.54) is 5.69 Å². The second kappa shape index (κ2) is 4.11. The minimum atomic E-state index is 0.546. The number of nitrogens with two attached hydrogens (primary N) is 1. The largest absolute Gasteiger partial charge is 0.399 e. The molecule has 3 N–H and O–H groups in total. The van der Waals surface area contributed by atoms with Gasteiger partial charge in [-0.15, -0.1) is 0 Å². The molecular formula is C12H19N3. The molecule has 1 heterocycles.